The van der Waals surface area contributed by atoms with Crippen molar-refractivity contribution in [3.05, 3.63) is 53.7 Å². The molecular formula is C13H11F2NO2. The first-order valence-electron chi connectivity index (χ1n) is 5.38. The van der Waals surface area contributed by atoms with E-state index in [4.69, 9.17) is 9.84 Å². The molecule has 5 heteroatoms. The van der Waals surface area contributed by atoms with E-state index in [2.05, 4.69) is 4.98 Å². The molecule has 0 saturated heterocycles. The fourth-order valence-corrected chi connectivity index (χ4v) is 1.51. The van der Waals surface area contributed by atoms with Crippen LogP contribution in [0.15, 0.2) is 36.5 Å². The largest absolute Gasteiger partial charge is 0.436 e. The van der Waals surface area contributed by atoms with Gasteiger partial charge in [-0.15, -0.1) is 0 Å². The molecule has 1 aromatic heterocycles. The number of benzene rings is 1. The lowest BCUT2D eigenvalue weighted by Gasteiger charge is -2.09. The van der Waals surface area contributed by atoms with E-state index >= 15 is 0 Å². The third kappa shape index (κ3) is 2.81. The number of hydrogen-bond acceptors (Lipinski definition) is 3. The van der Waals surface area contributed by atoms with Gasteiger partial charge in [0.25, 0.3) is 5.88 Å². The van der Waals surface area contributed by atoms with Crippen LogP contribution in [0.1, 0.15) is 5.56 Å². The minimum atomic E-state index is -0.867. The Labute approximate surface area is 103 Å². The fourth-order valence-electron chi connectivity index (χ4n) is 1.51. The van der Waals surface area contributed by atoms with Gasteiger partial charge in [0.1, 0.15) is 11.6 Å². The maximum Gasteiger partial charge on any atom is 0.256 e. The highest BCUT2D eigenvalue weighted by Crippen LogP contribution is 2.26. The Kier molecular flexibility index (Phi) is 3.84. The molecule has 0 unspecified atom stereocenters. The molecule has 18 heavy (non-hydrogen) atoms. The topological polar surface area (TPSA) is 42.4 Å². The van der Waals surface area contributed by atoms with Crippen LogP contribution in [0.5, 0.6) is 11.6 Å². The molecule has 1 aromatic carbocycles. The maximum atomic E-state index is 13.4. The number of para-hydroxylation sites is 1. The summed E-state index contributed by atoms with van der Waals surface area (Å²) in [5, 5.41) is 8.91. The van der Waals surface area contributed by atoms with Crippen molar-refractivity contribution >= 4 is 0 Å². The van der Waals surface area contributed by atoms with Crippen LogP contribution in [0.2, 0.25) is 0 Å². The Hall–Kier alpha value is -2.01. The van der Waals surface area contributed by atoms with Crippen molar-refractivity contribution in [1.82, 2.24) is 4.98 Å². The number of halogens is 2. The van der Waals surface area contributed by atoms with Gasteiger partial charge in [0.05, 0.1) is 6.20 Å². The van der Waals surface area contributed by atoms with E-state index in [1.807, 2.05) is 0 Å². The highest BCUT2D eigenvalue weighted by Gasteiger charge is 2.10. The fraction of sp³-hybridized carbons (Fsp3) is 0.154. The summed E-state index contributed by atoms with van der Waals surface area (Å²) in [6.45, 7) is -0.0420. The molecule has 1 N–H and O–H groups in total. The van der Waals surface area contributed by atoms with Crippen LogP contribution in [-0.2, 0) is 6.42 Å². The summed E-state index contributed by atoms with van der Waals surface area (Å²) >= 11 is 0. The standard InChI is InChI=1S/C13H11F2NO2/c14-10-7-11(15)13(16-8-10)18-12-4-2-1-3-9(12)5-6-17/h1-4,7-8,17H,5-6H2. The quantitative estimate of drug-likeness (QED) is 0.908. The van der Waals surface area contributed by atoms with Crippen molar-refractivity contribution < 1.29 is 18.6 Å². The lowest BCUT2D eigenvalue weighted by atomic mass is 10.1. The second-order valence-electron chi connectivity index (χ2n) is 3.62. The van der Waals surface area contributed by atoms with Gasteiger partial charge in [-0.1, -0.05) is 18.2 Å². The maximum absolute atomic E-state index is 13.4. The van der Waals surface area contributed by atoms with Gasteiger partial charge >= 0.3 is 0 Å². The van der Waals surface area contributed by atoms with Crippen LogP contribution in [0.25, 0.3) is 0 Å². The molecule has 0 bridgehead atoms. The highest BCUT2D eigenvalue weighted by molar-refractivity contribution is 5.36. The van der Waals surface area contributed by atoms with Crippen molar-refractivity contribution in [2.45, 2.75) is 6.42 Å². The van der Waals surface area contributed by atoms with Crippen LogP contribution in [-0.4, -0.2) is 16.7 Å². The molecule has 3 nitrogen and oxygen atoms in total. The lowest BCUT2D eigenvalue weighted by molar-refractivity contribution is 0.297. The van der Waals surface area contributed by atoms with E-state index in [-0.39, 0.29) is 12.5 Å². The minimum Gasteiger partial charge on any atom is -0.436 e. The predicted molar refractivity (Wildman–Crippen MR) is 61.5 cm³/mol. The Morgan fingerprint density at radius 1 is 1.22 bits per heavy atom. The number of pyridine rings is 1. The average Bonchev–Trinajstić information content (AvgIpc) is 2.35. The predicted octanol–water partition coefficient (Wildman–Crippen LogP) is 2.69. The summed E-state index contributed by atoms with van der Waals surface area (Å²) in [7, 11) is 0. The van der Waals surface area contributed by atoms with Crippen LogP contribution in [0.3, 0.4) is 0 Å². The summed E-state index contributed by atoms with van der Waals surface area (Å²) < 4.78 is 31.4. The Morgan fingerprint density at radius 2 is 2.00 bits per heavy atom. The summed E-state index contributed by atoms with van der Waals surface area (Å²) in [5.41, 5.74) is 0.727. The molecule has 0 atom stereocenters. The Balaban J connectivity index is 2.28. The van der Waals surface area contributed by atoms with Crippen LogP contribution in [0.4, 0.5) is 8.78 Å². The van der Waals surface area contributed by atoms with Gasteiger partial charge in [0.15, 0.2) is 5.82 Å². The van der Waals surface area contributed by atoms with Crippen LogP contribution in [0, 0.1) is 11.6 Å². The second kappa shape index (κ2) is 5.55. The first-order valence-corrected chi connectivity index (χ1v) is 5.38. The molecule has 0 radical (unpaired) electrons. The molecule has 1 heterocycles. The van der Waals surface area contributed by atoms with Crippen molar-refractivity contribution in [2.24, 2.45) is 0 Å². The molecule has 0 amide bonds. The zero-order chi connectivity index (χ0) is 13.0. The summed E-state index contributed by atoms with van der Waals surface area (Å²) in [6.07, 6.45) is 1.27. The summed E-state index contributed by atoms with van der Waals surface area (Å²) in [5.74, 6) is -1.52. The molecule has 94 valence electrons. The van der Waals surface area contributed by atoms with Gasteiger partial charge in [-0.2, -0.15) is 0 Å². The third-order valence-corrected chi connectivity index (χ3v) is 2.33. The Morgan fingerprint density at radius 3 is 2.72 bits per heavy atom. The lowest BCUT2D eigenvalue weighted by Crippen LogP contribution is -1.98. The number of aliphatic hydroxyl groups is 1. The second-order valence-corrected chi connectivity index (χ2v) is 3.62. The van der Waals surface area contributed by atoms with Gasteiger partial charge in [0.2, 0.25) is 0 Å². The molecule has 0 saturated carbocycles. The van der Waals surface area contributed by atoms with Crippen LogP contribution < -0.4 is 4.74 Å². The zero-order valence-electron chi connectivity index (χ0n) is 9.44. The number of ether oxygens (including phenoxy) is 1. The van der Waals surface area contributed by atoms with Gasteiger partial charge in [-0.3, -0.25) is 0 Å². The highest BCUT2D eigenvalue weighted by atomic mass is 19.1. The molecule has 0 aliphatic heterocycles. The molecule has 0 aliphatic carbocycles. The molecule has 2 aromatic rings. The average molecular weight is 251 g/mol. The van der Waals surface area contributed by atoms with Crippen molar-refractivity contribution in [1.29, 1.82) is 0 Å². The number of aliphatic hydroxyl groups excluding tert-OH is 1. The molecule has 0 fully saturated rings. The van der Waals surface area contributed by atoms with E-state index in [1.165, 1.54) is 0 Å². The zero-order valence-corrected chi connectivity index (χ0v) is 9.44. The van der Waals surface area contributed by atoms with E-state index in [9.17, 15) is 8.78 Å². The molecule has 2 rings (SSSR count). The summed E-state index contributed by atoms with van der Waals surface area (Å²) in [4.78, 5) is 3.54. The summed E-state index contributed by atoms with van der Waals surface area (Å²) in [6, 6.07) is 7.60. The normalized spacial score (nSPS) is 10.4. The van der Waals surface area contributed by atoms with Gasteiger partial charge in [0, 0.05) is 12.7 Å². The Bertz CT molecular complexity index is 546. The number of rotatable bonds is 4. The number of nitrogens with zero attached hydrogens (tertiary/aromatic N) is 1. The monoisotopic (exact) mass is 251 g/mol. The van der Waals surface area contributed by atoms with Crippen molar-refractivity contribution in [3.63, 3.8) is 0 Å². The van der Waals surface area contributed by atoms with E-state index in [0.717, 1.165) is 11.8 Å². The molecule has 0 aliphatic rings. The smallest absolute Gasteiger partial charge is 0.256 e. The number of hydrogen-bond donors (Lipinski definition) is 1. The van der Waals surface area contributed by atoms with Gasteiger partial charge < -0.3 is 9.84 Å². The van der Waals surface area contributed by atoms with Crippen molar-refractivity contribution in [2.75, 3.05) is 6.61 Å². The first kappa shape index (κ1) is 12.4. The van der Waals surface area contributed by atoms with E-state index < -0.39 is 11.6 Å². The first-order chi connectivity index (χ1) is 8.70. The van der Waals surface area contributed by atoms with Crippen LogP contribution >= 0.6 is 0 Å². The van der Waals surface area contributed by atoms with Gasteiger partial charge in [-0.05, 0) is 18.1 Å². The molecular weight excluding hydrogens is 240 g/mol. The minimum absolute atomic E-state index is 0.0420. The number of aromatic nitrogens is 1. The van der Waals surface area contributed by atoms with E-state index in [0.29, 0.717) is 18.2 Å². The van der Waals surface area contributed by atoms with Crippen molar-refractivity contribution in [3.8, 4) is 11.6 Å². The van der Waals surface area contributed by atoms with E-state index in [1.54, 1.807) is 24.3 Å². The molecule has 0 spiro atoms. The SMILES string of the molecule is OCCc1ccccc1Oc1ncc(F)cc1F. The third-order valence-electron chi connectivity index (χ3n) is 2.33. The van der Waals surface area contributed by atoms with Gasteiger partial charge in [-0.25, -0.2) is 13.8 Å².